The van der Waals surface area contributed by atoms with Crippen molar-refractivity contribution in [2.24, 2.45) is 13.0 Å². The number of rotatable bonds is 3. The molecular weight excluding hydrogens is 318 g/mol. The van der Waals surface area contributed by atoms with Gasteiger partial charge < -0.3 is 5.32 Å². The third-order valence-corrected chi connectivity index (χ3v) is 4.41. The Hall–Kier alpha value is -1.62. The van der Waals surface area contributed by atoms with E-state index in [1.165, 1.54) is 5.56 Å². The first-order chi connectivity index (χ1) is 9.56. The molecule has 1 N–H and O–H groups in total. The second kappa shape index (κ2) is 5.05. The summed E-state index contributed by atoms with van der Waals surface area (Å²) in [5.74, 6) is 1.21. The van der Waals surface area contributed by atoms with Crippen LogP contribution < -0.4 is 5.32 Å². The fourth-order valence-electron chi connectivity index (χ4n) is 2.55. The zero-order valence-corrected chi connectivity index (χ0v) is 13.0. The molecule has 3 rings (SSSR count). The Labute approximate surface area is 126 Å². The van der Waals surface area contributed by atoms with E-state index >= 15 is 0 Å². The number of nitrogens with zero attached hydrogens (tertiary/aromatic N) is 2. The van der Waals surface area contributed by atoms with Crippen LogP contribution in [-0.4, -0.2) is 15.7 Å². The molecule has 0 aliphatic heterocycles. The predicted molar refractivity (Wildman–Crippen MR) is 81.6 cm³/mol. The fraction of sp³-hybridized carbons (Fsp3) is 0.333. The first kappa shape index (κ1) is 13.4. The molecule has 0 bridgehead atoms. The first-order valence-electron chi connectivity index (χ1n) is 6.62. The summed E-state index contributed by atoms with van der Waals surface area (Å²) in [5, 5.41) is 7.19. The van der Waals surface area contributed by atoms with Crippen LogP contribution in [0.1, 0.15) is 23.6 Å². The molecule has 1 aromatic heterocycles. The predicted octanol–water partition coefficient (Wildman–Crippen LogP) is 3.23. The van der Waals surface area contributed by atoms with Gasteiger partial charge in [-0.05, 0) is 30.9 Å². The Morgan fingerprint density at radius 3 is 2.85 bits per heavy atom. The molecule has 1 saturated carbocycles. The molecule has 0 radical (unpaired) electrons. The Morgan fingerprint density at radius 2 is 2.20 bits per heavy atom. The van der Waals surface area contributed by atoms with Crippen molar-refractivity contribution in [1.82, 2.24) is 9.78 Å². The van der Waals surface area contributed by atoms with Gasteiger partial charge in [0.1, 0.15) is 5.82 Å². The molecule has 20 heavy (non-hydrogen) atoms. The lowest BCUT2D eigenvalue weighted by atomic mass is 10.1. The minimum Gasteiger partial charge on any atom is -0.311 e. The van der Waals surface area contributed by atoms with Gasteiger partial charge in [-0.25, -0.2) is 0 Å². The third kappa shape index (κ3) is 2.50. The van der Waals surface area contributed by atoms with Crippen molar-refractivity contribution in [3.63, 3.8) is 0 Å². The highest BCUT2D eigenvalue weighted by molar-refractivity contribution is 9.10. The van der Waals surface area contributed by atoms with Crippen LogP contribution in [0.25, 0.3) is 0 Å². The van der Waals surface area contributed by atoms with Gasteiger partial charge in [0.15, 0.2) is 0 Å². The van der Waals surface area contributed by atoms with Crippen LogP contribution in [-0.2, 0) is 11.8 Å². The van der Waals surface area contributed by atoms with Crippen LogP contribution in [0.15, 0.2) is 34.8 Å². The number of benzene rings is 1. The van der Waals surface area contributed by atoms with Gasteiger partial charge in [0.25, 0.3) is 0 Å². The number of amides is 1. The summed E-state index contributed by atoms with van der Waals surface area (Å²) in [6.45, 7) is 1.91. The molecule has 2 aromatic rings. The van der Waals surface area contributed by atoms with Crippen LogP contribution in [0.3, 0.4) is 0 Å². The van der Waals surface area contributed by atoms with E-state index in [4.69, 9.17) is 0 Å². The Morgan fingerprint density at radius 1 is 1.45 bits per heavy atom. The summed E-state index contributed by atoms with van der Waals surface area (Å²) >= 11 is 3.55. The standard InChI is InChI=1S/C15H16BrN3O/c1-9-7-14(19(2)18-9)17-15(20)12-8-11(12)10-5-3-4-6-13(10)16/h3-7,11-12H,8H2,1-2H3,(H,17,20)/t11-,12+/m0/s1. The quantitative estimate of drug-likeness (QED) is 0.937. The zero-order chi connectivity index (χ0) is 14.3. The number of anilines is 1. The summed E-state index contributed by atoms with van der Waals surface area (Å²) in [6, 6.07) is 9.98. The van der Waals surface area contributed by atoms with Crippen molar-refractivity contribution < 1.29 is 4.79 Å². The fourth-order valence-corrected chi connectivity index (χ4v) is 3.13. The molecule has 1 heterocycles. The van der Waals surface area contributed by atoms with Gasteiger partial charge in [0.2, 0.25) is 5.91 Å². The second-order valence-corrected chi connectivity index (χ2v) is 6.11. The van der Waals surface area contributed by atoms with Gasteiger partial charge in [-0.2, -0.15) is 5.10 Å². The van der Waals surface area contributed by atoms with Crippen molar-refractivity contribution in [3.05, 3.63) is 46.1 Å². The maximum Gasteiger partial charge on any atom is 0.229 e. The minimum absolute atomic E-state index is 0.0592. The van der Waals surface area contributed by atoms with Crippen LogP contribution >= 0.6 is 15.9 Å². The second-order valence-electron chi connectivity index (χ2n) is 5.25. The molecule has 0 saturated heterocycles. The molecule has 2 atom stereocenters. The van der Waals surface area contributed by atoms with Gasteiger partial charge in [-0.3, -0.25) is 9.48 Å². The summed E-state index contributed by atoms with van der Waals surface area (Å²) < 4.78 is 2.78. The summed E-state index contributed by atoms with van der Waals surface area (Å²) in [7, 11) is 1.83. The summed E-state index contributed by atoms with van der Waals surface area (Å²) in [5.41, 5.74) is 2.12. The van der Waals surface area contributed by atoms with E-state index in [1.54, 1.807) is 4.68 Å². The minimum atomic E-state index is 0.0592. The average molecular weight is 334 g/mol. The van der Waals surface area contributed by atoms with E-state index in [0.717, 1.165) is 22.4 Å². The van der Waals surface area contributed by atoms with E-state index in [2.05, 4.69) is 32.4 Å². The van der Waals surface area contributed by atoms with Gasteiger partial charge in [-0.1, -0.05) is 34.1 Å². The van der Waals surface area contributed by atoms with Crippen LogP contribution in [0, 0.1) is 12.8 Å². The highest BCUT2D eigenvalue weighted by Crippen LogP contribution is 2.49. The van der Waals surface area contributed by atoms with Crippen molar-refractivity contribution >= 4 is 27.7 Å². The molecule has 1 aromatic carbocycles. The highest BCUT2D eigenvalue weighted by Gasteiger charge is 2.44. The number of halogens is 1. The number of aromatic nitrogens is 2. The van der Waals surface area contributed by atoms with E-state index in [9.17, 15) is 4.79 Å². The molecule has 1 fully saturated rings. The number of hydrogen-bond donors (Lipinski definition) is 1. The number of hydrogen-bond acceptors (Lipinski definition) is 2. The van der Waals surface area contributed by atoms with Crippen molar-refractivity contribution in [2.45, 2.75) is 19.3 Å². The summed E-state index contributed by atoms with van der Waals surface area (Å²) in [6.07, 6.45) is 0.908. The van der Waals surface area contributed by atoms with E-state index in [-0.39, 0.29) is 11.8 Å². The van der Waals surface area contributed by atoms with Gasteiger partial charge in [0, 0.05) is 23.5 Å². The van der Waals surface area contributed by atoms with Crippen molar-refractivity contribution in [1.29, 1.82) is 0 Å². The molecule has 104 valence electrons. The topological polar surface area (TPSA) is 46.9 Å². The maximum absolute atomic E-state index is 12.3. The number of nitrogens with one attached hydrogen (secondary N) is 1. The average Bonchev–Trinajstić information content (AvgIpc) is 3.12. The van der Waals surface area contributed by atoms with Crippen molar-refractivity contribution in [2.75, 3.05) is 5.32 Å². The van der Waals surface area contributed by atoms with Gasteiger partial charge in [-0.15, -0.1) is 0 Å². The van der Waals surface area contributed by atoms with Gasteiger partial charge >= 0.3 is 0 Å². The van der Waals surface area contributed by atoms with Crippen LogP contribution in [0.2, 0.25) is 0 Å². The molecule has 1 aliphatic carbocycles. The number of aryl methyl sites for hydroxylation is 2. The number of carbonyl (C=O) groups excluding carboxylic acids is 1. The third-order valence-electron chi connectivity index (χ3n) is 3.69. The van der Waals surface area contributed by atoms with E-state index < -0.39 is 0 Å². The lowest BCUT2D eigenvalue weighted by molar-refractivity contribution is -0.117. The largest absolute Gasteiger partial charge is 0.311 e. The first-order valence-corrected chi connectivity index (χ1v) is 7.41. The lowest BCUT2D eigenvalue weighted by Crippen LogP contribution is -2.16. The lowest BCUT2D eigenvalue weighted by Gasteiger charge is -2.06. The molecule has 1 aliphatic rings. The Kier molecular flexibility index (Phi) is 3.38. The number of carbonyl (C=O) groups is 1. The van der Waals surface area contributed by atoms with Gasteiger partial charge in [0.05, 0.1) is 5.69 Å². The molecule has 0 unspecified atom stereocenters. The SMILES string of the molecule is Cc1cc(NC(=O)[C@@H]2C[C@H]2c2ccccc2Br)n(C)n1. The summed E-state index contributed by atoms with van der Waals surface area (Å²) in [4.78, 5) is 12.3. The Balaban J connectivity index is 1.69. The molecular formula is C15H16BrN3O. The maximum atomic E-state index is 12.3. The Bertz CT molecular complexity index is 665. The normalized spacial score (nSPS) is 20.8. The molecule has 1 amide bonds. The molecule has 0 spiro atoms. The monoisotopic (exact) mass is 333 g/mol. The van der Waals surface area contributed by atoms with Crippen LogP contribution in [0.5, 0.6) is 0 Å². The highest BCUT2D eigenvalue weighted by atomic mass is 79.9. The molecule has 4 nitrogen and oxygen atoms in total. The van der Waals surface area contributed by atoms with E-state index in [1.807, 2.05) is 38.2 Å². The zero-order valence-electron chi connectivity index (χ0n) is 11.4. The van der Waals surface area contributed by atoms with Crippen LogP contribution in [0.4, 0.5) is 5.82 Å². The smallest absolute Gasteiger partial charge is 0.229 e. The van der Waals surface area contributed by atoms with E-state index in [0.29, 0.717) is 5.92 Å². The molecule has 5 heteroatoms. The van der Waals surface area contributed by atoms with Crippen molar-refractivity contribution in [3.8, 4) is 0 Å².